The van der Waals surface area contributed by atoms with E-state index in [1.54, 1.807) is 13.8 Å². The molecule has 7 nitrogen and oxygen atoms in total. The van der Waals surface area contributed by atoms with Crippen molar-refractivity contribution in [2.45, 2.75) is 33.1 Å². The van der Waals surface area contributed by atoms with Gasteiger partial charge in [-0.3, -0.25) is 9.59 Å². The molecule has 0 aromatic heterocycles. The van der Waals surface area contributed by atoms with Gasteiger partial charge in [0.1, 0.15) is 5.75 Å². The predicted octanol–water partition coefficient (Wildman–Crippen LogP) is 0.371. The monoisotopic (exact) mass is 320 g/mol. The van der Waals surface area contributed by atoms with E-state index >= 15 is 0 Å². The van der Waals surface area contributed by atoms with E-state index in [4.69, 9.17) is 5.11 Å². The summed E-state index contributed by atoms with van der Waals surface area (Å²) in [4.78, 5) is 24.3. The van der Waals surface area contributed by atoms with Gasteiger partial charge in [-0.1, -0.05) is 13.8 Å². The van der Waals surface area contributed by atoms with Crippen molar-refractivity contribution in [2.75, 3.05) is 31.9 Å². The van der Waals surface area contributed by atoms with Gasteiger partial charge in [0.05, 0.1) is 0 Å². The first kappa shape index (κ1) is 17.9. The van der Waals surface area contributed by atoms with Crippen LogP contribution in [0.3, 0.4) is 0 Å². The highest BCUT2D eigenvalue weighted by atomic mass is 32.2. The number of carbonyl (C=O) groups excluding carboxylic acids is 1. The number of carboxylic acid groups (broad SMARTS) is 1. The van der Waals surface area contributed by atoms with Crippen molar-refractivity contribution in [3.8, 4) is 0 Å². The third-order valence-corrected chi connectivity index (χ3v) is 5.75. The van der Waals surface area contributed by atoms with Gasteiger partial charge < -0.3 is 10.0 Å². The number of hydrogen-bond donors (Lipinski definition) is 1. The lowest BCUT2D eigenvalue weighted by molar-refractivity contribution is -0.138. The molecule has 0 bridgehead atoms. The van der Waals surface area contributed by atoms with Crippen LogP contribution in [0.15, 0.2) is 0 Å². The van der Waals surface area contributed by atoms with Gasteiger partial charge in [0.15, 0.2) is 0 Å². The molecular weight excluding hydrogens is 296 g/mol. The molecule has 21 heavy (non-hydrogen) atoms. The van der Waals surface area contributed by atoms with Crippen LogP contribution in [0.25, 0.3) is 0 Å². The normalized spacial score (nSPS) is 17.2. The van der Waals surface area contributed by atoms with Gasteiger partial charge in [-0.2, -0.15) is 0 Å². The first-order chi connectivity index (χ1) is 9.80. The maximum absolute atomic E-state index is 12.1. The van der Waals surface area contributed by atoms with Crippen molar-refractivity contribution in [1.29, 1.82) is 0 Å². The van der Waals surface area contributed by atoms with Gasteiger partial charge in [-0.25, -0.2) is 12.7 Å². The Balaban J connectivity index is 2.53. The second-order valence-electron chi connectivity index (χ2n) is 5.26. The van der Waals surface area contributed by atoms with E-state index in [-0.39, 0.29) is 12.3 Å². The molecule has 0 unspecified atom stereocenters. The fraction of sp³-hybridized carbons (Fsp3) is 0.846. The van der Waals surface area contributed by atoms with Gasteiger partial charge in [-0.15, -0.1) is 0 Å². The van der Waals surface area contributed by atoms with Crippen molar-refractivity contribution in [1.82, 2.24) is 9.21 Å². The largest absolute Gasteiger partial charge is 0.481 e. The molecule has 0 aromatic rings. The van der Waals surface area contributed by atoms with Crippen molar-refractivity contribution < 1.29 is 23.1 Å². The zero-order chi connectivity index (χ0) is 16.0. The molecule has 1 heterocycles. The SMILES string of the molecule is CCN(CC)S(=O)(=O)CC(=O)N1CCC(CC(=O)O)CC1. The Morgan fingerprint density at radius 1 is 1.19 bits per heavy atom. The minimum atomic E-state index is -3.56. The lowest BCUT2D eigenvalue weighted by Crippen LogP contribution is -2.44. The van der Waals surface area contributed by atoms with Gasteiger partial charge >= 0.3 is 5.97 Å². The zero-order valence-electron chi connectivity index (χ0n) is 12.6. The Hall–Kier alpha value is -1.15. The molecule has 1 saturated heterocycles. The number of amides is 1. The third-order valence-electron chi connectivity index (χ3n) is 3.84. The van der Waals surface area contributed by atoms with Gasteiger partial charge in [0.25, 0.3) is 0 Å². The Kier molecular flexibility index (Phi) is 6.60. The van der Waals surface area contributed by atoms with Gasteiger partial charge in [0, 0.05) is 32.6 Å². The molecule has 0 aromatic carbocycles. The summed E-state index contributed by atoms with van der Waals surface area (Å²) in [5.74, 6) is -1.65. The molecule has 0 saturated carbocycles. The lowest BCUT2D eigenvalue weighted by atomic mass is 9.94. The fourth-order valence-electron chi connectivity index (χ4n) is 2.59. The van der Waals surface area contributed by atoms with Crippen molar-refractivity contribution in [3.05, 3.63) is 0 Å². The van der Waals surface area contributed by atoms with Crippen molar-refractivity contribution >= 4 is 21.9 Å². The second kappa shape index (κ2) is 7.74. The van der Waals surface area contributed by atoms with E-state index in [1.165, 1.54) is 9.21 Å². The highest BCUT2D eigenvalue weighted by Crippen LogP contribution is 2.20. The van der Waals surface area contributed by atoms with Crippen molar-refractivity contribution in [3.63, 3.8) is 0 Å². The van der Waals surface area contributed by atoms with Gasteiger partial charge in [0.2, 0.25) is 15.9 Å². The molecule has 1 fully saturated rings. The predicted molar refractivity (Wildman–Crippen MR) is 78.3 cm³/mol. The highest BCUT2D eigenvalue weighted by Gasteiger charge is 2.29. The van der Waals surface area contributed by atoms with E-state index in [2.05, 4.69) is 0 Å². The number of rotatable bonds is 7. The summed E-state index contributed by atoms with van der Waals surface area (Å²) in [5.41, 5.74) is 0. The molecule has 1 amide bonds. The number of carbonyl (C=O) groups is 2. The maximum atomic E-state index is 12.1. The van der Waals surface area contributed by atoms with Crippen LogP contribution in [0.2, 0.25) is 0 Å². The first-order valence-corrected chi connectivity index (χ1v) is 8.88. The average Bonchev–Trinajstić information content (AvgIpc) is 2.39. The Morgan fingerprint density at radius 2 is 1.71 bits per heavy atom. The molecule has 0 aliphatic carbocycles. The molecule has 1 aliphatic heterocycles. The van der Waals surface area contributed by atoms with E-state index in [1.807, 2.05) is 0 Å². The van der Waals surface area contributed by atoms with E-state index in [0.717, 1.165) is 0 Å². The van der Waals surface area contributed by atoms with Crippen LogP contribution < -0.4 is 0 Å². The number of hydrogen-bond acceptors (Lipinski definition) is 4. The van der Waals surface area contributed by atoms with Crippen LogP contribution in [0.4, 0.5) is 0 Å². The quantitative estimate of drug-likeness (QED) is 0.731. The second-order valence-corrected chi connectivity index (χ2v) is 7.23. The Labute approximate surface area is 126 Å². The van der Waals surface area contributed by atoms with Crippen LogP contribution >= 0.6 is 0 Å². The Bertz CT molecular complexity index is 465. The molecular formula is C13H24N2O5S. The molecule has 122 valence electrons. The number of nitrogens with zero attached hydrogens (tertiary/aromatic N) is 2. The highest BCUT2D eigenvalue weighted by molar-refractivity contribution is 7.89. The standard InChI is InChI=1S/C13H24N2O5S/c1-3-15(4-2)21(19,20)10-12(16)14-7-5-11(6-8-14)9-13(17)18/h11H,3-10H2,1-2H3,(H,17,18). The van der Waals surface area contributed by atoms with E-state index in [0.29, 0.717) is 39.0 Å². The summed E-state index contributed by atoms with van der Waals surface area (Å²) in [6.07, 6.45) is 1.34. The fourth-order valence-corrected chi connectivity index (χ4v) is 4.05. The van der Waals surface area contributed by atoms with Crippen molar-refractivity contribution in [2.24, 2.45) is 5.92 Å². The molecule has 0 spiro atoms. The van der Waals surface area contributed by atoms with Crippen LogP contribution in [0, 0.1) is 5.92 Å². The van der Waals surface area contributed by atoms with Crippen LogP contribution in [-0.2, 0) is 19.6 Å². The summed E-state index contributed by atoms with van der Waals surface area (Å²) >= 11 is 0. The lowest BCUT2D eigenvalue weighted by Gasteiger charge is -2.31. The minimum absolute atomic E-state index is 0.0749. The zero-order valence-corrected chi connectivity index (χ0v) is 13.4. The van der Waals surface area contributed by atoms with Crippen LogP contribution in [-0.4, -0.2) is 66.5 Å². The summed E-state index contributed by atoms with van der Waals surface area (Å²) in [5, 5.41) is 8.74. The first-order valence-electron chi connectivity index (χ1n) is 7.27. The number of carboxylic acids is 1. The number of aliphatic carboxylic acids is 1. The number of sulfonamides is 1. The number of piperidine rings is 1. The summed E-state index contributed by atoms with van der Waals surface area (Å²) < 4.78 is 25.4. The number of likely N-dealkylation sites (tertiary alicyclic amines) is 1. The van der Waals surface area contributed by atoms with E-state index < -0.39 is 27.7 Å². The average molecular weight is 320 g/mol. The molecule has 1 aliphatic rings. The molecule has 0 atom stereocenters. The maximum Gasteiger partial charge on any atom is 0.303 e. The summed E-state index contributed by atoms with van der Waals surface area (Å²) in [6.45, 7) is 5.06. The smallest absolute Gasteiger partial charge is 0.303 e. The summed E-state index contributed by atoms with van der Waals surface area (Å²) in [6, 6.07) is 0. The van der Waals surface area contributed by atoms with E-state index in [9.17, 15) is 18.0 Å². The minimum Gasteiger partial charge on any atom is -0.481 e. The molecule has 1 N–H and O–H groups in total. The molecule has 1 rings (SSSR count). The van der Waals surface area contributed by atoms with Gasteiger partial charge in [-0.05, 0) is 18.8 Å². The third kappa shape index (κ3) is 5.28. The Morgan fingerprint density at radius 3 is 2.14 bits per heavy atom. The van der Waals surface area contributed by atoms with Crippen LogP contribution in [0.5, 0.6) is 0 Å². The topological polar surface area (TPSA) is 95.0 Å². The summed E-state index contributed by atoms with van der Waals surface area (Å²) in [7, 11) is -3.56. The molecule has 8 heteroatoms. The van der Waals surface area contributed by atoms with Crippen LogP contribution in [0.1, 0.15) is 33.1 Å². The molecule has 0 radical (unpaired) electrons.